The van der Waals surface area contributed by atoms with E-state index in [-0.39, 0.29) is 12.1 Å². The van der Waals surface area contributed by atoms with Gasteiger partial charge < -0.3 is 17.2 Å². The summed E-state index contributed by atoms with van der Waals surface area (Å²) in [6, 6.07) is 0. The number of nitrogens with one attached hydrogen (secondary N) is 1. The maximum atomic E-state index is 10.1. The van der Waals surface area contributed by atoms with Gasteiger partial charge in [-0.3, -0.25) is 9.59 Å². The van der Waals surface area contributed by atoms with Crippen LogP contribution in [0, 0.1) is 0 Å². The second-order valence-electron chi connectivity index (χ2n) is 1.52. The van der Waals surface area contributed by atoms with Crippen molar-refractivity contribution < 1.29 is 9.59 Å². The lowest BCUT2D eigenvalue weighted by molar-refractivity contribution is -0.115. The molecule has 0 saturated carbocycles. The Bertz CT molecular complexity index is 200. The summed E-state index contributed by atoms with van der Waals surface area (Å²) in [5.74, 6) is -0.708. The smallest absolute Gasteiger partial charge is 0.247 e. The Morgan fingerprint density at radius 1 is 1.15 bits per heavy atom. The minimum Gasteiger partial charge on any atom is -0.366 e. The molecule has 0 aromatic heterocycles. The van der Waals surface area contributed by atoms with E-state index in [9.17, 15) is 9.59 Å². The van der Waals surface area contributed by atoms with Crippen LogP contribution >= 0.6 is 0 Å². The van der Waals surface area contributed by atoms with Crippen molar-refractivity contribution in [3.05, 3.63) is 38.1 Å². The van der Waals surface area contributed by atoms with Crippen LogP contribution in [0.25, 0.3) is 0 Å². The van der Waals surface area contributed by atoms with Gasteiger partial charge in [0, 0.05) is 0 Å². The van der Waals surface area contributed by atoms with Gasteiger partial charge in [0.2, 0.25) is 11.8 Å². The van der Waals surface area contributed by atoms with Crippen LogP contribution in [0.15, 0.2) is 38.1 Å². The first kappa shape index (κ1) is 17.3. The predicted octanol–water partition coefficient (Wildman–Crippen LogP) is 0.252. The average Bonchev–Trinajstić information content (AvgIpc) is 2.06. The van der Waals surface area contributed by atoms with Crippen LogP contribution in [0.5, 0.6) is 0 Å². The quantitative estimate of drug-likeness (QED) is 0.548. The van der Waals surface area contributed by atoms with Gasteiger partial charge in [-0.25, -0.2) is 0 Å². The van der Waals surface area contributed by atoms with E-state index in [1.165, 1.54) is 12.3 Å². The van der Waals surface area contributed by atoms with Crippen LogP contribution < -0.4 is 17.2 Å². The van der Waals surface area contributed by atoms with Crippen molar-refractivity contribution in [1.82, 2.24) is 11.5 Å². The lowest BCUT2D eigenvalue weighted by Gasteiger charge is -1.85. The monoisotopic (exact) mass is 185 g/mol. The highest BCUT2D eigenvalue weighted by atomic mass is 16.1. The van der Waals surface area contributed by atoms with Crippen LogP contribution in [0.4, 0.5) is 0 Å². The van der Waals surface area contributed by atoms with Crippen LogP contribution in [-0.2, 0) is 9.59 Å². The molecule has 2 amide bonds. The molecule has 0 aliphatic carbocycles. The number of hydrogen-bond acceptors (Lipinski definition) is 3. The number of nitrogens with two attached hydrogens (primary N) is 1. The van der Waals surface area contributed by atoms with Gasteiger partial charge >= 0.3 is 0 Å². The molecule has 0 aliphatic rings. The Labute approximate surface area is 77.6 Å². The van der Waals surface area contributed by atoms with Gasteiger partial charge in [0.15, 0.2) is 0 Å². The molecule has 0 radical (unpaired) electrons. The van der Waals surface area contributed by atoms with Crippen molar-refractivity contribution in [3.63, 3.8) is 0 Å². The van der Waals surface area contributed by atoms with E-state index in [0.717, 1.165) is 6.08 Å². The standard InChI is InChI=1S/C5H7NO.C3H5NO.H3N/c1-3-5(7)6-4-2;1-2-3(4)5;/h3-4H,1-2H2,(H,6,7);2H,1H2,(H2,4,5);1H3. The summed E-state index contributed by atoms with van der Waals surface area (Å²) in [4.78, 5) is 19.6. The van der Waals surface area contributed by atoms with Gasteiger partial charge in [-0.05, 0) is 18.4 Å². The van der Waals surface area contributed by atoms with E-state index >= 15 is 0 Å². The first-order valence-electron chi connectivity index (χ1n) is 3.04. The Morgan fingerprint density at radius 3 is 1.62 bits per heavy atom. The molecule has 0 heterocycles. The fraction of sp³-hybridized carbons (Fsp3) is 0. The van der Waals surface area contributed by atoms with E-state index in [1.54, 1.807) is 0 Å². The Hall–Kier alpha value is -1.88. The van der Waals surface area contributed by atoms with Crippen molar-refractivity contribution in [2.75, 3.05) is 0 Å². The maximum Gasteiger partial charge on any atom is 0.247 e. The van der Waals surface area contributed by atoms with Crippen molar-refractivity contribution in [2.24, 2.45) is 5.73 Å². The van der Waals surface area contributed by atoms with Gasteiger partial charge in [-0.15, -0.1) is 0 Å². The molecule has 0 aromatic rings. The molecule has 0 aromatic carbocycles. The Morgan fingerprint density at radius 2 is 1.54 bits per heavy atom. The number of amides is 2. The van der Waals surface area contributed by atoms with Crippen molar-refractivity contribution in [2.45, 2.75) is 0 Å². The molecule has 5 nitrogen and oxygen atoms in total. The number of carbonyl (C=O) groups is 2. The summed E-state index contributed by atoms with van der Waals surface area (Å²) < 4.78 is 0. The molecule has 13 heavy (non-hydrogen) atoms. The molecule has 0 unspecified atom stereocenters. The normalized spacial score (nSPS) is 6.15. The van der Waals surface area contributed by atoms with Gasteiger partial charge in [0.05, 0.1) is 0 Å². The highest BCUT2D eigenvalue weighted by molar-refractivity contribution is 5.87. The number of rotatable bonds is 3. The fourth-order valence-electron chi connectivity index (χ4n) is 0.160. The zero-order chi connectivity index (χ0) is 9.98. The van der Waals surface area contributed by atoms with Gasteiger partial charge in [0.25, 0.3) is 0 Å². The van der Waals surface area contributed by atoms with E-state index in [4.69, 9.17) is 0 Å². The summed E-state index contributed by atoms with van der Waals surface area (Å²) in [7, 11) is 0. The van der Waals surface area contributed by atoms with Crippen LogP contribution in [0.2, 0.25) is 0 Å². The Balaban J connectivity index is -0.000000150. The Kier molecular flexibility index (Phi) is 17.0. The lowest BCUT2D eigenvalue weighted by atomic mass is 10.6. The average molecular weight is 185 g/mol. The van der Waals surface area contributed by atoms with E-state index in [2.05, 4.69) is 30.8 Å². The molecule has 0 spiro atoms. The first-order valence-corrected chi connectivity index (χ1v) is 3.04. The van der Waals surface area contributed by atoms with Crippen molar-refractivity contribution >= 4 is 11.8 Å². The minimum absolute atomic E-state index is 0. The third-order valence-corrected chi connectivity index (χ3v) is 0.631. The third-order valence-electron chi connectivity index (χ3n) is 0.631. The minimum atomic E-state index is -0.481. The molecule has 0 aliphatic heterocycles. The molecular weight excluding hydrogens is 170 g/mol. The lowest BCUT2D eigenvalue weighted by Crippen LogP contribution is -2.11. The molecule has 0 fully saturated rings. The number of primary amides is 1. The van der Waals surface area contributed by atoms with Gasteiger partial charge in [-0.1, -0.05) is 19.7 Å². The van der Waals surface area contributed by atoms with E-state index < -0.39 is 5.91 Å². The van der Waals surface area contributed by atoms with Crippen LogP contribution in [0.3, 0.4) is 0 Å². The van der Waals surface area contributed by atoms with Gasteiger partial charge in [0.1, 0.15) is 0 Å². The zero-order valence-corrected chi connectivity index (χ0v) is 7.45. The number of carbonyl (C=O) groups excluding carboxylic acids is 2. The molecular formula is C8H15N3O2. The maximum absolute atomic E-state index is 10.1. The molecule has 0 saturated heterocycles. The molecule has 74 valence electrons. The highest BCUT2D eigenvalue weighted by Crippen LogP contribution is 1.61. The number of hydrogen-bond donors (Lipinski definition) is 3. The zero-order valence-electron chi connectivity index (χ0n) is 7.45. The topological polar surface area (TPSA) is 107 Å². The fourth-order valence-corrected chi connectivity index (χ4v) is 0.160. The van der Waals surface area contributed by atoms with E-state index in [0.29, 0.717) is 0 Å². The van der Waals surface area contributed by atoms with E-state index in [1.807, 2.05) is 0 Å². The summed E-state index contributed by atoms with van der Waals surface area (Å²) in [5, 5.41) is 2.30. The molecule has 6 N–H and O–H groups in total. The highest BCUT2D eigenvalue weighted by Gasteiger charge is 1.81. The van der Waals surface area contributed by atoms with Gasteiger partial charge in [-0.2, -0.15) is 0 Å². The second kappa shape index (κ2) is 12.8. The summed E-state index contributed by atoms with van der Waals surface area (Å²) in [6.45, 7) is 9.57. The summed E-state index contributed by atoms with van der Waals surface area (Å²) in [6.07, 6.45) is 3.55. The molecule has 0 rings (SSSR count). The SMILES string of the molecule is C=CC(N)=O.C=CNC(=O)C=C.N. The summed E-state index contributed by atoms with van der Waals surface area (Å²) in [5.41, 5.74) is 4.53. The van der Waals surface area contributed by atoms with Crippen LogP contribution in [0.1, 0.15) is 0 Å². The molecule has 0 atom stereocenters. The second-order valence-corrected chi connectivity index (χ2v) is 1.52. The third kappa shape index (κ3) is 25.5. The van der Waals surface area contributed by atoms with Crippen molar-refractivity contribution in [1.29, 1.82) is 0 Å². The summed E-state index contributed by atoms with van der Waals surface area (Å²) >= 11 is 0. The first-order chi connectivity index (χ1) is 5.58. The predicted molar refractivity (Wildman–Crippen MR) is 53.0 cm³/mol. The molecule has 0 bridgehead atoms. The van der Waals surface area contributed by atoms with Crippen molar-refractivity contribution in [3.8, 4) is 0 Å². The largest absolute Gasteiger partial charge is 0.366 e. The van der Waals surface area contributed by atoms with Crippen LogP contribution in [-0.4, -0.2) is 11.8 Å². The molecule has 5 heteroatoms.